The van der Waals surface area contributed by atoms with Crippen LogP contribution in [-0.4, -0.2) is 56.2 Å². The van der Waals surface area contributed by atoms with Gasteiger partial charge in [-0.2, -0.15) is 0 Å². The summed E-state index contributed by atoms with van der Waals surface area (Å²) in [5, 5.41) is 0.263. The second-order valence-corrected chi connectivity index (χ2v) is 22.0. The molecule has 12 nitrogen and oxygen atoms in total. The highest BCUT2D eigenvalue weighted by Crippen LogP contribution is 2.57. The van der Waals surface area contributed by atoms with Crippen molar-refractivity contribution in [1.29, 1.82) is 0 Å². The average Bonchev–Trinajstić information content (AvgIpc) is 3.78. The molecule has 0 N–H and O–H groups in total. The molecule has 0 atom stereocenters. The molecular formula is C58H82N2O10S. The molecule has 0 bridgehead atoms. The smallest absolute Gasteiger partial charge is 0.339 e. The van der Waals surface area contributed by atoms with Crippen LogP contribution < -0.4 is 14.4 Å². The summed E-state index contributed by atoms with van der Waals surface area (Å²) in [7, 11) is 0. The number of hydrogen-bond acceptors (Lipinski definition) is 12. The maximum atomic E-state index is 14.2. The van der Waals surface area contributed by atoms with E-state index in [1.54, 1.807) is 17.0 Å². The topological polar surface area (TPSA) is 139 Å². The number of nitrogens with zero attached hydrogens (tertiary/aromatic N) is 2. The molecule has 4 fully saturated rings. The van der Waals surface area contributed by atoms with E-state index in [9.17, 15) is 24.0 Å². The van der Waals surface area contributed by atoms with Crippen molar-refractivity contribution in [2.45, 2.75) is 186 Å². The van der Waals surface area contributed by atoms with Crippen LogP contribution >= 0.6 is 11.8 Å². The van der Waals surface area contributed by atoms with Crippen molar-refractivity contribution >= 4 is 47.3 Å². The second kappa shape index (κ2) is 29.2. The molecule has 13 heteroatoms. The molecule has 1 aliphatic heterocycles. The number of esters is 5. The first-order valence-electron chi connectivity index (χ1n) is 27.5. The van der Waals surface area contributed by atoms with Gasteiger partial charge in [0.1, 0.15) is 11.4 Å². The number of unbranched alkanes of at least 4 members (excludes halogenated alkanes) is 4. The Labute approximate surface area is 428 Å². The third-order valence-electron chi connectivity index (χ3n) is 16.3. The van der Waals surface area contributed by atoms with Gasteiger partial charge in [0.2, 0.25) is 0 Å². The maximum Gasteiger partial charge on any atom is 0.339 e. The summed E-state index contributed by atoms with van der Waals surface area (Å²) < 4.78 is 28.6. The highest BCUT2D eigenvalue weighted by Gasteiger charge is 2.40. The van der Waals surface area contributed by atoms with Gasteiger partial charge >= 0.3 is 29.8 Å². The number of anilines is 1. The fraction of sp³-hybridized carbons (Fsp3) is 0.690. The van der Waals surface area contributed by atoms with Crippen LogP contribution in [0, 0.1) is 53.9 Å². The van der Waals surface area contributed by atoms with Gasteiger partial charge in [-0.05, 0) is 150 Å². The number of fused-ring (bicyclic) bond motifs is 1. The Morgan fingerprint density at radius 3 is 1.48 bits per heavy atom. The van der Waals surface area contributed by atoms with Gasteiger partial charge in [-0.3, -0.25) is 14.4 Å². The van der Waals surface area contributed by atoms with E-state index in [-0.39, 0.29) is 72.4 Å². The van der Waals surface area contributed by atoms with Crippen molar-refractivity contribution in [1.82, 2.24) is 0 Å². The minimum Gasteiger partial charge on any atom is -0.470 e. The van der Waals surface area contributed by atoms with Gasteiger partial charge in [-0.15, -0.1) is 0 Å². The molecule has 4 saturated carbocycles. The summed E-state index contributed by atoms with van der Waals surface area (Å²) >= 11 is 1.12. The molecule has 0 aromatic heterocycles. The lowest BCUT2D eigenvalue weighted by Crippen LogP contribution is -2.30. The monoisotopic (exact) mass is 999 g/mol. The molecule has 0 radical (unpaired) electrons. The average molecular weight is 999 g/mol. The van der Waals surface area contributed by atoms with Crippen LogP contribution in [0.4, 0.5) is 5.69 Å². The summed E-state index contributed by atoms with van der Waals surface area (Å²) in [4.78, 5) is 71.5. The van der Waals surface area contributed by atoms with Gasteiger partial charge in [0.25, 0.3) is 5.70 Å². The zero-order valence-corrected chi connectivity index (χ0v) is 43.8. The van der Waals surface area contributed by atoms with Crippen molar-refractivity contribution in [2.75, 3.05) is 31.3 Å². The van der Waals surface area contributed by atoms with Crippen LogP contribution in [0.2, 0.25) is 0 Å². The molecular weight excluding hydrogens is 917 g/mol. The van der Waals surface area contributed by atoms with Crippen LogP contribution in [0.3, 0.4) is 0 Å². The fourth-order valence-corrected chi connectivity index (χ4v) is 13.3. The van der Waals surface area contributed by atoms with Crippen molar-refractivity contribution < 1.29 is 47.7 Å². The predicted octanol–water partition coefficient (Wildman–Crippen LogP) is 13.7. The predicted molar refractivity (Wildman–Crippen MR) is 277 cm³/mol. The highest BCUT2D eigenvalue weighted by molar-refractivity contribution is 8.04. The third-order valence-corrected chi connectivity index (χ3v) is 17.5. The second-order valence-electron chi connectivity index (χ2n) is 21.0. The first kappa shape index (κ1) is 55.7. The minimum atomic E-state index is -0.835. The van der Waals surface area contributed by atoms with Crippen LogP contribution in [0.5, 0.6) is 11.5 Å². The van der Waals surface area contributed by atoms with Gasteiger partial charge < -0.3 is 28.6 Å². The number of ether oxygens (including phenoxy) is 5. The van der Waals surface area contributed by atoms with Crippen molar-refractivity contribution in [3.05, 3.63) is 59.6 Å². The largest absolute Gasteiger partial charge is 0.470 e. The SMILES string of the molecule is [C-]#[N+]C(C(=O)OCCCCOC(=O)C=C)=C1Sc2c(OC(=O)C3CCC(C4CCC(CCCC)CC4)CC3)ccc(OC(=O)C3CCC(C4CCC(CCCC)CC4)CC3)c2N1CCCCOC(=O)C=C. The number of carbonyl (C=O) groups excluding carboxylic acids is 5. The lowest BCUT2D eigenvalue weighted by atomic mass is 9.68. The Morgan fingerprint density at radius 1 is 0.606 bits per heavy atom. The Balaban J connectivity index is 1.20. The Hall–Kier alpha value is -4.57. The molecule has 1 heterocycles. The molecule has 71 heavy (non-hydrogen) atoms. The summed E-state index contributed by atoms with van der Waals surface area (Å²) in [5.41, 5.74) is 0.170. The number of hydrogen-bond donors (Lipinski definition) is 0. The van der Waals surface area contributed by atoms with Gasteiger partial charge in [-0.25, -0.2) is 14.4 Å². The molecule has 0 amide bonds. The number of rotatable bonds is 25. The molecule has 5 aliphatic rings. The van der Waals surface area contributed by atoms with E-state index >= 15 is 0 Å². The molecule has 0 unspecified atom stereocenters. The minimum absolute atomic E-state index is 0.0142. The lowest BCUT2D eigenvalue weighted by molar-refractivity contribution is -0.141. The molecule has 1 aromatic rings. The number of carbonyl (C=O) groups is 5. The van der Waals surface area contributed by atoms with E-state index < -0.39 is 17.9 Å². The fourth-order valence-electron chi connectivity index (χ4n) is 12.1. The van der Waals surface area contributed by atoms with Gasteiger partial charge in [0.05, 0.1) is 48.2 Å². The summed E-state index contributed by atoms with van der Waals surface area (Å²) in [6.45, 7) is 20.2. The molecule has 6 rings (SSSR count). The Morgan fingerprint density at radius 2 is 1.03 bits per heavy atom. The molecule has 0 spiro atoms. The van der Waals surface area contributed by atoms with E-state index in [0.717, 1.165) is 99.0 Å². The van der Waals surface area contributed by atoms with E-state index in [4.69, 9.17) is 30.3 Å². The van der Waals surface area contributed by atoms with E-state index in [2.05, 4.69) is 31.9 Å². The maximum absolute atomic E-state index is 14.2. The van der Waals surface area contributed by atoms with Crippen molar-refractivity contribution in [2.24, 2.45) is 47.3 Å². The van der Waals surface area contributed by atoms with E-state index in [1.807, 2.05) is 0 Å². The third kappa shape index (κ3) is 16.2. The summed E-state index contributed by atoms with van der Waals surface area (Å²) in [5.74, 6) is 1.92. The standard InChI is InChI=1S/C58H82N2O10S/c1-6-10-16-40-18-22-42(23-19-40)44-26-30-46(31-27-44)56(63)69-48-34-35-49(70-57(64)47-32-28-45(29-33-47)43-24-20-41(21-25-43)17-11-7-2)54-53(48)60(36-12-13-37-66-50(61)8-3)55(71-54)52(59-5)58(65)68-39-15-14-38-67-51(62)9-4/h8-9,34-35,40-47H,3-4,6-7,10-33,36-39H2,1-2H3. The summed E-state index contributed by atoms with van der Waals surface area (Å²) in [6, 6.07) is 3.35. The van der Waals surface area contributed by atoms with Crippen molar-refractivity contribution in [3.63, 3.8) is 0 Å². The normalized spacial score (nSPS) is 26.0. The molecule has 390 valence electrons. The Kier molecular flexibility index (Phi) is 22.9. The van der Waals surface area contributed by atoms with E-state index in [1.165, 1.54) is 89.9 Å². The zero-order valence-electron chi connectivity index (χ0n) is 42.9. The number of benzene rings is 1. The van der Waals surface area contributed by atoms with Crippen molar-refractivity contribution in [3.8, 4) is 11.5 Å². The van der Waals surface area contributed by atoms with Crippen LogP contribution in [0.1, 0.15) is 181 Å². The lowest BCUT2D eigenvalue weighted by Gasteiger charge is -2.37. The van der Waals surface area contributed by atoms with Gasteiger partial charge in [0, 0.05) is 18.7 Å². The first-order valence-corrected chi connectivity index (χ1v) is 28.3. The zero-order chi connectivity index (χ0) is 50.5. The highest BCUT2D eigenvalue weighted by atomic mass is 32.2. The van der Waals surface area contributed by atoms with Gasteiger partial charge in [0.15, 0.2) is 5.75 Å². The van der Waals surface area contributed by atoms with Gasteiger partial charge in [-0.1, -0.05) is 103 Å². The summed E-state index contributed by atoms with van der Waals surface area (Å²) in [6.07, 6.45) is 29.2. The van der Waals surface area contributed by atoms with Crippen LogP contribution in [0.25, 0.3) is 4.85 Å². The first-order chi connectivity index (χ1) is 34.6. The number of thioether (sulfide) groups is 1. The van der Waals surface area contributed by atoms with Crippen LogP contribution in [-0.2, 0) is 38.2 Å². The Bertz CT molecular complexity index is 2030. The van der Waals surface area contributed by atoms with Crippen LogP contribution in [0.15, 0.2) is 53.1 Å². The molecule has 0 saturated heterocycles. The quantitative estimate of drug-likeness (QED) is 0.0230. The van der Waals surface area contributed by atoms with E-state index in [0.29, 0.717) is 48.1 Å². The molecule has 4 aliphatic carbocycles. The molecule has 1 aromatic carbocycles.